The first kappa shape index (κ1) is 17.9. The Bertz CT molecular complexity index is 701. The number of anilines is 1. The molecular weight excluding hydrogens is 324 g/mol. The third-order valence-electron chi connectivity index (χ3n) is 3.29. The third kappa shape index (κ3) is 5.34. The van der Waals surface area contributed by atoms with Crippen molar-refractivity contribution in [3.05, 3.63) is 65.5 Å². The average Bonchev–Trinajstić information content (AvgIpc) is 2.52. The molecule has 2 N–H and O–H groups in total. The summed E-state index contributed by atoms with van der Waals surface area (Å²) < 4.78 is 51.2. The lowest BCUT2D eigenvalue weighted by atomic mass is 10.1. The van der Waals surface area contributed by atoms with Crippen molar-refractivity contribution in [1.29, 1.82) is 0 Å². The summed E-state index contributed by atoms with van der Waals surface area (Å²) in [7, 11) is 0. The number of carbonyl (C=O) groups excluding carboxylic acids is 1. The molecule has 0 saturated carbocycles. The van der Waals surface area contributed by atoms with Crippen LogP contribution in [0.4, 0.5) is 23.2 Å². The molecule has 0 aliphatic heterocycles. The van der Waals surface area contributed by atoms with E-state index < -0.39 is 17.6 Å². The Hall–Kier alpha value is -2.41. The first-order valence-corrected chi connectivity index (χ1v) is 7.27. The van der Waals surface area contributed by atoms with Gasteiger partial charge in [-0.05, 0) is 42.8 Å². The SMILES string of the molecule is O=C(CNCCc1ccccc1F)Nc1cccc(C(F)(F)F)c1. The van der Waals surface area contributed by atoms with E-state index in [-0.39, 0.29) is 18.0 Å². The molecule has 0 heterocycles. The highest BCUT2D eigenvalue weighted by Gasteiger charge is 2.30. The topological polar surface area (TPSA) is 41.1 Å². The lowest BCUT2D eigenvalue weighted by Gasteiger charge is -2.10. The summed E-state index contributed by atoms with van der Waals surface area (Å²) in [5.74, 6) is -0.782. The van der Waals surface area contributed by atoms with Gasteiger partial charge < -0.3 is 10.6 Å². The van der Waals surface area contributed by atoms with Gasteiger partial charge in [-0.2, -0.15) is 13.2 Å². The van der Waals surface area contributed by atoms with E-state index >= 15 is 0 Å². The number of halogens is 4. The molecule has 2 aromatic carbocycles. The Balaban J connectivity index is 1.79. The fourth-order valence-corrected chi connectivity index (χ4v) is 2.10. The monoisotopic (exact) mass is 340 g/mol. The van der Waals surface area contributed by atoms with Crippen molar-refractivity contribution in [2.75, 3.05) is 18.4 Å². The maximum absolute atomic E-state index is 13.4. The standard InChI is InChI=1S/C17H16F4N2O/c18-15-7-2-1-4-12(15)8-9-22-11-16(24)23-14-6-3-5-13(10-14)17(19,20)21/h1-7,10,22H,8-9,11H2,(H,23,24). The van der Waals surface area contributed by atoms with Gasteiger partial charge in [0.2, 0.25) is 5.91 Å². The van der Waals surface area contributed by atoms with Crippen molar-refractivity contribution in [3.63, 3.8) is 0 Å². The van der Waals surface area contributed by atoms with Crippen molar-refractivity contribution in [3.8, 4) is 0 Å². The van der Waals surface area contributed by atoms with Gasteiger partial charge in [-0.3, -0.25) is 4.79 Å². The molecule has 0 atom stereocenters. The van der Waals surface area contributed by atoms with Gasteiger partial charge in [0.1, 0.15) is 5.82 Å². The largest absolute Gasteiger partial charge is 0.416 e. The zero-order chi connectivity index (χ0) is 17.6. The molecule has 3 nitrogen and oxygen atoms in total. The second-order valence-corrected chi connectivity index (χ2v) is 5.14. The van der Waals surface area contributed by atoms with Gasteiger partial charge in [0.05, 0.1) is 12.1 Å². The molecule has 0 unspecified atom stereocenters. The van der Waals surface area contributed by atoms with Gasteiger partial charge >= 0.3 is 6.18 Å². The third-order valence-corrected chi connectivity index (χ3v) is 3.29. The van der Waals surface area contributed by atoms with Gasteiger partial charge in [-0.25, -0.2) is 4.39 Å². The molecule has 0 spiro atoms. The van der Waals surface area contributed by atoms with E-state index in [4.69, 9.17) is 0 Å². The molecule has 128 valence electrons. The molecule has 0 aromatic heterocycles. The minimum atomic E-state index is -4.46. The number of benzene rings is 2. The van der Waals surface area contributed by atoms with E-state index in [0.717, 1.165) is 12.1 Å². The highest BCUT2D eigenvalue weighted by molar-refractivity contribution is 5.92. The highest BCUT2D eigenvalue weighted by atomic mass is 19.4. The Labute approximate surface area is 136 Å². The molecule has 0 aliphatic carbocycles. The molecule has 24 heavy (non-hydrogen) atoms. The Kier molecular flexibility index (Phi) is 5.92. The number of hydrogen-bond donors (Lipinski definition) is 2. The molecule has 0 aliphatic rings. The van der Waals surface area contributed by atoms with Crippen LogP contribution in [-0.4, -0.2) is 19.0 Å². The number of carbonyl (C=O) groups is 1. The predicted molar refractivity (Wildman–Crippen MR) is 83.0 cm³/mol. The number of nitrogens with one attached hydrogen (secondary N) is 2. The summed E-state index contributed by atoms with van der Waals surface area (Å²) >= 11 is 0. The molecule has 0 radical (unpaired) electrons. The van der Waals surface area contributed by atoms with Crippen LogP contribution in [0.1, 0.15) is 11.1 Å². The van der Waals surface area contributed by atoms with Crippen molar-refractivity contribution >= 4 is 11.6 Å². The minimum absolute atomic E-state index is 0.0747. The molecular formula is C17H16F4N2O. The van der Waals surface area contributed by atoms with Crippen LogP contribution in [0.25, 0.3) is 0 Å². The smallest absolute Gasteiger partial charge is 0.325 e. The van der Waals surface area contributed by atoms with Gasteiger partial charge in [-0.1, -0.05) is 24.3 Å². The normalized spacial score (nSPS) is 11.3. The molecule has 1 amide bonds. The average molecular weight is 340 g/mol. The molecule has 2 aromatic rings. The lowest BCUT2D eigenvalue weighted by Crippen LogP contribution is -2.29. The first-order valence-electron chi connectivity index (χ1n) is 7.27. The van der Waals surface area contributed by atoms with Gasteiger partial charge in [-0.15, -0.1) is 0 Å². The Morgan fingerprint density at radius 2 is 1.79 bits per heavy atom. The number of amides is 1. The fraction of sp³-hybridized carbons (Fsp3) is 0.235. The number of alkyl halides is 3. The Morgan fingerprint density at radius 1 is 1.04 bits per heavy atom. The summed E-state index contributed by atoms with van der Waals surface area (Å²) in [6, 6.07) is 10.7. The summed E-state index contributed by atoms with van der Waals surface area (Å²) in [5, 5.41) is 5.21. The van der Waals surface area contributed by atoms with E-state index in [2.05, 4.69) is 10.6 Å². The molecule has 2 rings (SSSR count). The lowest BCUT2D eigenvalue weighted by molar-refractivity contribution is -0.137. The Morgan fingerprint density at radius 3 is 2.50 bits per heavy atom. The molecule has 7 heteroatoms. The number of hydrogen-bond acceptors (Lipinski definition) is 2. The summed E-state index contributed by atoms with van der Waals surface area (Å²) in [5.41, 5.74) is -0.221. The zero-order valence-electron chi connectivity index (χ0n) is 12.7. The van der Waals surface area contributed by atoms with Gasteiger partial charge in [0.15, 0.2) is 0 Å². The van der Waals surface area contributed by atoms with Crippen LogP contribution in [0.15, 0.2) is 48.5 Å². The van der Waals surface area contributed by atoms with E-state index in [0.29, 0.717) is 18.5 Å². The maximum Gasteiger partial charge on any atom is 0.416 e. The van der Waals surface area contributed by atoms with Crippen LogP contribution in [-0.2, 0) is 17.4 Å². The van der Waals surface area contributed by atoms with Crippen molar-refractivity contribution in [1.82, 2.24) is 5.32 Å². The predicted octanol–water partition coefficient (Wildman–Crippen LogP) is 3.62. The van der Waals surface area contributed by atoms with Crippen molar-refractivity contribution in [2.45, 2.75) is 12.6 Å². The van der Waals surface area contributed by atoms with Gasteiger partial charge in [0, 0.05) is 5.69 Å². The summed E-state index contributed by atoms with van der Waals surface area (Å²) in [6.07, 6.45) is -4.05. The van der Waals surface area contributed by atoms with E-state index in [1.54, 1.807) is 18.2 Å². The van der Waals surface area contributed by atoms with Crippen LogP contribution >= 0.6 is 0 Å². The minimum Gasteiger partial charge on any atom is -0.325 e. The summed E-state index contributed by atoms with van der Waals surface area (Å²) in [4.78, 5) is 11.7. The van der Waals surface area contributed by atoms with E-state index in [1.165, 1.54) is 18.2 Å². The van der Waals surface area contributed by atoms with Gasteiger partial charge in [0.25, 0.3) is 0 Å². The molecule has 0 bridgehead atoms. The molecule has 0 saturated heterocycles. The fourth-order valence-electron chi connectivity index (χ4n) is 2.10. The van der Waals surface area contributed by atoms with Crippen LogP contribution in [0.3, 0.4) is 0 Å². The van der Waals surface area contributed by atoms with E-state index in [1.807, 2.05) is 0 Å². The maximum atomic E-state index is 13.4. The van der Waals surface area contributed by atoms with Crippen LogP contribution in [0.2, 0.25) is 0 Å². The van der Waals surface area contributed by atoms with Crippen LogP contribution in [0.5, 0.6) is 0 Å². The van der Waals surface area contributed by atoms with Crippen LogP contribution < -0.4 is 10.6 Å². The first-order chi connectivity index (χ1) is 11.4. The summed E-state index contributed by atoms with van der Waals surface area (Å²) in [6.45, 7) is 0.293. The molecule has 0 fully saturated rings. The quantitative estimate of drug-likeness (QED) is 0.623. The highest BCUT2D eigenvalue weighted by Crippen LogP contribution is 2.30. The van der Waals surface area contributed by atoms with Crippen molar-refractivity contribution < 1.29 is 22.4 Å². The van der Waals surface area contributed by atoms with Crippen LogP contribution in [0, 0.1) is 5.82 Å². The second-order valence-electron chi connectivity index (χ2n) is 5.14. The second kappa shape index (κ2) is 7.92. The van der Waals surface area contributed by atoms with Crippen molar-refractivity contribution in [2.24, 2.45) is 0 Å². The van der Waals surface area contributed by atoms with E-state index in [9.17, 15) is 22.4 Å². The number of rotatable bonds is 6. The zero-order valence-corrected chi connectivity index (χ0v) is 12.7.